The Morgan fingerprint density at radius 2 is 0.918 bits per heavy atom. The number of hydrogen-bond donors (Lipinski definition) is 1. The molecule has 0 aromatic heterocycles. The molecule has 0 saturated carbocycles. The van der Waals surface area contributed by atoms with Crippen molar-refractivity contribution in [1.29, 1.82) is 0 Å². The molecule has 0 aromatic rings. The van der Waals surface area contributed by atoms with Gasteiger partial charge in [-0.15, -0.1) is 0 Å². The molecule has 4 nitrogen and oxygen atoms in total. The van der Waals surface area contributed by atoms with Crippen LogP contribution in [0.1, 0.15) is 181 Å². The molecular weight excluding hydrogens is 604 g/mol. The van der Waals surface area contributed by atoms with Crippen LogP contribution in [0.4, 0.5) is 0 Å². The van der Waals surface area contributed by atoms with E-state index < -0.39 is 6.10 Å². The first kappa shape index (κ1) is 46.8. The van der Waals surface area contributed by atoms with Crippen molar-refractivity contribution in [2.45, 2.75) is 187 Å². The molecule has 0 heterocycles. The van der Waals surface area contributed by atoms with Gasteiger partial charge >= 0.3 is 5.97 Å². The molecule has 0 bridgehead atoms. The zero-order valence-corrected chi connectivity index (χ0v) is 32.2. The van der Waals surface area contributed by atoms with E-state index in [2.05, 4.69) is 86.8 Å². The number of ether oxygens (including phenoxy) is 2. The second-order valence-electron chi connectivity index (χ2n) is 13.3. The quantitative estimate of drug-likeness (QED) is 0.0402. The highest BCUT2D eigenvalue weighted by Gasteiger charge is 2.13. The standard InChI is InChI=1S/C45H78O4/c1-3-5-7-9-11-13-15-17-19-21-22-23-25-27-29-31-33-35-37-39-41-48-43-44(42-46)49-45(47)40-38-36-34-32-30-28-26-24-20-18-16-14-12-10-8-6-4-2/h5,7,11-14,17-20,22-23,44,46H,3-4,6,8-10,15-16,21,24-43H2,1-2H3/b7-5-,13-11-,14-12-,19-17-,20-18-,23-22-. The molecule has 0 aliphatic heterocycles. The maximum Gasteiger partial charge on any atom is 0.306 e. The second kappa shape index (κ2) is 42.0. The minimum absolute atomic E-state index is 0.183. The summed E-state index contributed by atoms with van der Waals surface area (Å²) >= 11 is 0. The van der Waals surface area contributed by atoms with E-state index in [1.807, 2.05) is 0 Å². The summed E-state index contributed by atoms with van der Waals surface area (Å²) in [7, 11) is 0. The van der Waals surface area contributed by atoms with E-state index in [1.54, 1.807) is 0 Å². The van der Waals surface area contributed by atoms with Gasteiger partial charge in [-0.25, -0.2) is 0 Å². The third kappa shape index (κ3) is 40.1. The number of aliphatic hydroxyl groups excluding tert-OH is 1. The molecule has 0 amide bonds. The van der Waals surface area contributed by atoms with Gasteiger partial charge in [-0.1, -0.05) is 164 Å². The molecule has 1 N–H and O–H groups in total. The van der Waals surface area contributed by atoms with Gasteiger partial charge in [0.1, 0.15) is 6.10 Å². The number of unbranched alkanes of at least 4 members (excludes halogenated alkanes) is 17. The van der Waals surface area contributed by atoms with Crippen molar-refractivity contribution in [3.8, 4) is 0 Å². The van der Waals surface area contributed by atoms with Crippen LogP contribution in [-0.2, 0) is 14.3 Å². The van der Waals surface area contributed by atoms with Crippen molar-refractivity contribution in [1.82, 2.24) is 0 Å². The lowest BCUT2D eigenvalue weighted by Crippen LogP contribution is -2.27. The lowest BCUT2D eigenvalue weighted by molar-refractivity contribution is -0.154. The van der Waals surface area contributed by atoms with Gasteiger partial charge in [0.2, 0.25) is 0 Å². The molecular formula is C45H78O4. The van der Waals surface area contributed by atoms with E-state index in [-0.39, 0.29) is 19.2 Å². The highest BCUT2D eigenvalue weighted by atomic mass is 16.6. The molecule has 0 saturated heterocycles. The Kier molecular flexibility index (Phi) is 40.1. The van der Waals surface area contributed by atoms with E-state index in [4.69, 9.17) is 9.47 Å². The zero-order valence-electron chi connectivity index (χ0n) is 32.2. The van der Waals surface area contributed by atoms with Gasteiger partial charge in [0, 0.05) is 13.0 Å². The molecule has 49 heavy (non-hydrogen) atoms. The van der Waals surface area contributed by atoms with E-state index >= 15 is 0 Å². The molecule has 0 rings (SSSR count). The van der Waals surface area contributed by atoms with Crippen LogP contribution in [0.15, 0.2) is 72.9 Å². The summed E-state index contributed by atoms with van der Waals surface area (Å²) in [6, 6.07) is 0. The van der Waals surface area contributed by atoms with Crippen molar-refractivity contribution in [2.24, 2.45) is 0 Å². The fraction of sp³-hybridized carbons (Fsp3) is 0.711. The molecule has 1 unspecified atom stereocenters. The first-order valence-corrected chi connectivity index (χ1v) is 20.5. The Hall–Kier alpha value is -2.17. The van der Waals surface area contributed by atoms with Crippen molar-refractivity contribution in [3.63, 3.8) is 0 Å². The van der Waals surface area contributed by atoms with Crippen LogP contribution in [-0.4, -0.2) is 37.0 Å². The highest BCUT2D eigenvalue weighted by Crippen LogP contribution is 2.12. The summed E-state index contributed by atoms with van der Waals surface area (Å²) in [6.45, 7) is 5.17. The number of carbonyl (C=O) groups is 1. The average Bonchev–Trinajstić information content (AvgIpc) is 3.11. The second-order valence-corrected chi connectivity index (χ2v) is 13.3. The largest absolute Gasteiger partial charge is 0.457 e. The normalized spacial score (nSPS) is 13.1. The van der Waals surface area contributed by atoms with E-state index in [1.165, 1.54) is 103 Å². The molecule has 4 heteroatoms. The van der Waals surface area contributed by atoms with Crippen LogP contribution in [0.25, 0.3) is 0 Å². The maximum atomic E-state index is 12.2. The zero-order chi connectivity index (χ0) is 35.6. The summed E-state index contributed by atoms with van der Waals surface area (Å²) in [5.74, 6) is -0.216. The van der Waals surface area contributed by atoms with Crippen molar-refractivity contribution in [2.75, 3.05) is 19.8 Å². The van der Waals surface area contributed by atoms with E-state index in [9.17, 15) is 9.90 Å². The molecule has 282 valence electrons. The number of esters is 1. The van der Waals surface area contributed by atoms with E-state index in [0.717, 1.165) is 57.8 Å². The predicted molar refractivity (Wildman–Crippen MR) is 214 cm³/mol. The molecule has 0 spiro atoms. The summed E-state index contributed by atoms with van der Waals surface area (Å²) in [5, 5.41) is 9.59. The van der Waals surface area contributed by atoms with Crippen molar-refractivity contribution in [3.05, 3.63) is 72.9 Å². The van der Waals surface area contributed by atoms with Gasteiger partial charge in [-0.3, -0.25) is 4.79 Å². The Balaban J connectivity index is 3.50. The van der Waals surface area contributed by atoms with Crippen LogP contribution in [0.5, 0.6) is 0 Å². The van der Waals surface area contributed by atoms with Gasteiger partial charge in [0.05, 0.1) is 13.2 Å². The fourth-order valence-electron chi connectivity index (χ4n) is 5.47. The Morgan fingerprint density at radius 1 is 0.510 bits per heavy atom. The van der Waals surface area contributed by atoms with E-state index in [0.29, 0.717) is 13.0 Å². The number of hydrogen-bond acceptors (Lipinski definition) is 4. The molecule has 0 radical (unpaired) electrons. The highest BCUT2D eigenvalue weighted by molar-refractivity contribution is 5.69. The number of allylic oxidation sites excluding steroid dienone is 12. The van der Waals surface area contributed by atoms with Crippen LogP contribution in [0.3, 0.4) is 0 Å². The number of carbonyl (C=O) groups excluding carboxylic acids is 1. The summed E-state index contributed by atoms with van der Waals surface area (Å²) in [4.78, 5) is 12.2. The molecule has 0 aliphatic carbocycles. The van der Waals surface area contributed by atoms with Gasteiger partial charge in [-0.2, -0.15) is 0 Å². The van der Waals surface area contributed by atoms with Crippen LogP contribution >= 0.6 is 0 Å². The smallest absolute Gasteiger partial charge is 0.306 e. The summed E-state index contributed by atoms with van der Waals surface area (Å²) in [6.07, 6.45) is 56.6. The summed E-state index contributed by atoms with van der Waals surface area (Å²) in [5.41, 5.74) is 0. The first-order chi connectivity index (χ1) is 24.2. The van der Waals surface area contributed by atoms with Crippen LogP contribution < -0.4 is 0 Å². The topological polar surface area (TPSA) is 55.8 Å². The van der Waals surface area contributed by atoms with Crippen LogP contribution in [0.2, 0.25) is 0 Å². The third-order valence-electron chi connectivity index (χ3n) is 8.52. The third-order valence-corrected chi connectivity index (χ3v) is 8.52. The predicted octanol–water partition coefficient (Wildman–Crippen LogP) is 13.4. The van der Waals surface area contributed by atoms with Gasteiger partial charge in [0.25, 0.3) is 0 Å². The van der Waals surface area contributed by atoms with Crippen LogP contribution in [0, 0.1) is 0 Å². The summed E-state index contributed by atoms with van der Waals surface area (Å²) < 4.78 is 11.1. The SMILES string of the molecule is CC/C=C\C/C=C\C/C=C\C/C=C\CCCCCCCCCOCC(CO)OC(=O)CCCCCCCCC/C=C\C/C=C\CCCCC. The lowest BCUT2D eigenvalue weighted by Gasteiger charge is -2.15. The molecule has 1 atom stereocenters. The Morgan fingerprint density at radius 3 is 1.39 bits per heavy atom. The van der Waals surface area contributed by atoms with Crippen molar-refractivity contribution < 1.29 is 19.4 Å². The molecule has 0 fully saturated rings. The Bertz CT molecular complexity index is 850. The number of aliphatic hydroxyl groups is 1. The Labute approximate surface area is 304 Å². The van der Waals surface area contributed by atoms with Gasteiger partial charge in [-0.05, 0) is 83.5 Å². The number of rotatable bonds is 37. The lowest BCUT2D eigenvalue weighted by atomic mass is 10.1. The van der Waals surface area contributed by atoms with Crippen molar-refractivity contribution >= 4 is 5.97 Å². The minimum atomic E-state index is -0.548. The molecule has 0 aliphatic rings. The fourth-order valence-corrected chi connectivity index (χ4v) is 5.47. The van der Waals surface area contributed by atoms with Gasteiger partial charge < -0.3 is 14.6 Å². The monoisotopic (exact) mass is 683 g/mol. The first-order valence-electron chi connectivity index (χ1n) is 20.5. The average molecular weight is 683 g/mol. The maximum absolute atomic E-state index is 12.2. The minimum Gasteiger partial charge on any atom is -0.457 e. The molecule has 0 aromatic carbocycles. The van der Waals surface area contributed by atoms with Gasteiger partial charge in [0.15, 0.2) is 0 Å².